The number of aromatic hydroxyl groups is 1. The highest BCUT2D eigenvalue weighted by Gasteiger charge is 2.26. The summed E-state index contributed by atoms with van der Waals surface area (Å²) in [6, 6.07) is 57.1. The van der Waals surface area contributed by atoms with Gasteiger partial charge in [-0.15, -0.1) is 0 Å². The second kappa shape index (κ2) is 19.3. The van der Waals surface area contributed by atoms with Gasteiger partial charge in [0.2, 0.25) is 0 Å². The van der Waals surface area contributed by atoms with Crippen LogP contribution in [0.5, 0.6) is 5.75 Å². The smallest absolute Gasteiger partial charge is 0.149 e. The number of hydrogen-bond acceptors (Lipinski definition) is 3. The van der Waals surface area contributed by atoms with Gasteiger partial charge in [-0.05, 0) is 156 Å². The fraction of sp³-hybridized carbons (Fsp3) is 0.217. The van der Waals surface area contributed by atoms with E-state index in [1.54, 1.807) is 18.3 Å². The standard InChI is InChI=1S/C69H67N3O/c1-43(2)51-39-58(44(3)4)66(73)61(40-51)67-71-65-57(53-36-52(46-19-14-12-15-20-46)37-54(38-53)62-41-50(33-34-70-62)47-25-29-55(30-26-47)68(6,7)8)23-18-24-63(65)72(67)64-35-45(5)59(42-60(64)48-21-16-13-17-22-48)49-27-31-56(32-28-49)69(9,10)11/h12-44,73H,1-11H3/i5D3,6D3,7D3,8D3. The Morgan fingerprint density at radius 2 is 1.11 bits per heavy atom. The molecule has 0 atom stereocenters. The molecule has 0 saturated carbocycles. The first-order valence-corrected chi connectivity index (χ1v) is 24.9. The van der Waals surface area contributed by atoms with E-state index < -0.39 is 32.8 Å². The average molecular weight is 966 g/mol. The molecule has 0 unspecified atom stereocenters. The molecule has 0 spiro atoms. The lowest BCUT2D eigenvalue weighted by Crippen LogP contribution is -2.10. The van der Waals surface area contributed by atoms with Crippen LogP contribution in [0.25, 0.3) is 95.0 Å². The number of phenolic OH excluding ortho intramolecular Hbond substituents is 1. The lowest BCUT2D eigenvalue weighted by Gasteiger charge is -2.22. The van der Waals surface area contributed by atoms with Gasteiger partial charge in [0.05, 0.1) is 28.0 Å². The van der Waals surface area contributed by atoms with Gasteiger partial charge in [-0.2, -0.15) is 0 Å². The number of pyridine rings is 1. The highest BCUT2D eigenvalue weighted by atomic mass is 16.3. The predicted octanol–water partition coefficient (Wildman–Crippen LogP) is 18.9. The van der Waals surface area contributed by atoms with Gasteiger partial charge in [-0.1, -0.05) is 196 Å². The zero-order valence-electron chi connectivity index (χ0n) is 54.3. The maximum absolute atomic E-state index is 12.6. The number of aromatic nitrogens is 3. The molecule has 4 heteroatoms. The fourth-order valence-electron chi connectivity index (χ4n) is 9.80. The molecule has 4 nitrogen and oxygen atoms in total. The first kappa shape index (κ1) is 36.1. The van der Waals surface area contributed by atoms with Gasteiger partial charge in [0.1, 0.15) is 11.6 Å². The summed E-state index contributed by atoms with van der Waals surface area (Å²) in [5.41, 5.74) is 10.4. The molecule has 0 saturated heterocycles. The molecule has 10 rings (SSSR count). The molecule has 0 aliphatic heterocycles. The molecule has 0 bridgehead atoms. The first-order valence-electron chi connectivity index (χ1n) is 30.9. The van der Waals surface area contributed by atoms with Crippen molar-refractivity contribution in [1.82, 2.24) is 14.5 Å². The van der Waals surface area contributed by atoms with Gasteiger partial charge in [0.15, 0.2) is 0 Å². The topological polar surface area (TPSA) is 50.9 Å². The van der Waals surface area contributed by atoms with E-state index in [4.69, 9.17) is 26.4 Å². The van der Waals surface area contributed by atoms with Crippen LogP contribution in [-0.4, -0.2) is 19.6 Å². The van der Waals surface area contributed by atoms with Crippen LogP contribution in [-0.2, 0) is 10.8 Å². The van der Waals surface area contributed by atoms with Crippen molar-refractivity contribution >= 4 is 11.0 Å². The minimum Gasteiger partial charge on any atom is -0.507 e. The largest absolute Gasteiger partial charge is 0.507 e. The number of fused-ring (bicyclic) bond motifs is 1. The third-order valence-electron chi connectivity index (χ3n) is 14.0. The lowest BCUT2D eigenvalue weighted by atomic mass is 9.85. The predicted molar refractivity (Wildman–Crippen MR) is 309 cm³/mol. The monoisotopic (exact) mass is 966 g/mol. The number of benzene rings is 8. The van der Waals surface area contributed by atoms with Crippen molar-refractivity contribution in [2.24, 2.45) is 0 Å². The van der Waals surface area contributed by atoms with Crippen LogP contribution in [0, 0.1) is 6.85 Å². The second-order valence-corrected chi connectivity index (χ2v) is 20.8. The van der Waals surface area contributed by atoms with Gasteiger partial charge < -0.3 is 5.11 Å². The number of nitrogens with zero attached hydrogens (tertiary/aromatic N) is 3. The molecule has 0 amide bonds. The van der Waals surface area contributed by atoms with Crippen molar-refractivity contribution in [1.29, 1.82) is 0 Å². The molecule has 2 heterocycles. The molecule has 0 fully saturated rings. The minimum absolute atomic E-state index is 0.0637. The summed E-state index contributed by atoms with van der Waals surface area (Å²) in [4.78, 5) is 10.5. The van der Waals surface area contributed by atoms with Crippen molar-refractivity contribution < 1.29 is 21.6 Å². The van der Waals surface area contributed by atoms with Crippen LogP contribution in [0.4, 0.5) is 0 Å². The van der Waals surface area contributed by atoms with Crippen molar-refractivity contribution in [3.05, 3.63) is 216 Å². The summed E-state index contributed by atoms with van der Waals surface area (Å²) in [5.74, 6) is 0.497. The van der Waals surface area contributed by atoms with Crippen LogP contribution in [0.2, 0.25) is 0 Å². The molecule has 10 aromatic rings. The third kappa shape index (κ3) is 9.67. The van der Waals surface area contributed by atoms with Gasteiger partial charge in [0, 0.05) is 39.3 Å². The molecular formula is C69H67N3O. The van der Waals surface area contributed by atoms with Crippen LogP contribution in [0.3, 0.4) is 0 Å². The van der Waals surface area contributed by atoms with Crippen LogP contribution >= 0.6 is 0 Å². The Balaban J connectivity index is 1.23. The van der Waals surface area contributed by atoms with E-state index in [9.17, 15) is 5.11 Å². The summed E-state index contributed by atoms with van der Waals surface area (Å²) in [6.45, 7) is 1.96. The van der Waals surface area contributed by atoms with Gasteiger partial charge in [-0.3, -0.25) is 9.55 Å². The molecule has 2 aromatic heterocycles. The Bertz CT molecular complexity index is 4060. The van der Waals surface area contributed by atoms with Crippen LogP contribution in [0.1, 0.15) is 125 Å². The SMILES string of the molecule is [2H]C([2H])([2H])c1cc(-n2c(-c3cc(C(C)C)cc(C(C)C)c3O)nc3c(-c4cc(-c5ccccc5)cc(-c5cc(-c6ccc(C(C([2H])([2H])[2H])(C([2H])([2H])[2H])C([2H])([2H])[2H])cc6)ccn5)c4)cccc32)c(-c2ccccc2)cc1-c1ccc(C(C)(C)C)cc1. The van der Waals surface area contributed by atoms with Gasteiger partial charge in [0.25, 0.3) is 0 Å². The minimum atomic E-state index is -3.40. The lowest BCUT2D eigenvalue weighted by molar-refractivity contribution is 0.466. The number of hydrogen-bond donors (Lipinski definition) is 1. The molecule has 0 radical (unpaired) electrons. The molecule has 0 aliphatic rings. The quantitative estimate of drug-likeness (QED) is 0.149. The summed E-state index contributed by atoms with van der Waals surface area (Å²) in [5, 5.41) is 12.6. The maximum Gasteiger partial charge on any atom is 0.149 e. The maximum atomic E-state index is 12.6. The number of rotatable bonds is 10. The van der Waals surface area contributed by atoms with E-state index in [2.05, 4.69) is 58.9 Å². The van der Waals surface area contributed by atoms with Crippen molar-refractivity contribution in [3.63, 3.8) is 0 Å². The molecule has 1 N–H and O–H groups in total. The molecule has 73 heavy (non-hydrogen) atoms. The van der Waals surface area contributed by atoms with E-state index in [1.807, 2.05) is 140 Å². The fourth-order valence-corrected chi connectivity index (χ4v) is 9.80. The van der Waals surface area contributed by atoms with Gasteiger partial charge in [-0.25, -0.2) is 4.98 Å². The van der Waals surface area contributed by atoms with E-state index in [-0.39, 0.29) is 34.1 Å². The van der Waals surface area contributed by atoms with E-state index >= 15 is 0 Å². The zero-order chi connectivity index (χ0) is 61.3. The Morgan fingerprint density at radius 3 is 1.75 bits per heavy atom. The normalized spacial score (nSPS) is 15.2. The Kier molecular flexibility index (Phi) is 9.56. The third-order valence-corrected chi connectivity index (χ3v) is 14.0. The Labute approximate surface area is 450 Å². The van der Waals surface area contributed by atoms with Crippen molar-refractivity contribution in [2.45, 2.75) is 98.5 Å². The summed E-state index contributed by atoms with van der Waals surface area (Å²) in [7, 11) is 0. The molecule has 364 valence electrons. The van der Waals surface area contributed by atoms with E-state index in [0.29, 0.717) is 50.5 Å². The van der Waals surface area contributed by atoms with Crippen molar-refractivity contribution in [3.8, 4) is 89.7 Å². The number of phenols is 1. The summed E-state index contributed by atoms with van der Waals surface area (Å²) < 4.78 is 104. The summed E-state index contributed by atoms with van der Waals surface area (Å²) in [6.07, 6.45) is 1.65. The Morgan fingerprint density at radius 1 is 0.493 bits per heavy atom. The molecule has 0 aliphatic carbocycles. The first-order chi connectivity index (χ1) is 39.9. The molecule has 8 aromatic carbocycles. The molecular weight excluding hydrogens is 887 g/mol. The highest BCUT2D eigenvalue weighted by molar-refractivity contribution is 5.99. The Hall–Kier alpha value is -7.82. The highest BCUT2D eigenvalue weighted by Crippen LogP contribution is 2.46. The summed E-state index contributed by atoms with van der Waals surface area (Å²) >= 11 is 0. The van der Waals surface area contributed by atoms with E-state index in [1.165, 1.54) is 24.3 Å². The zero-order valence-corrected chi connectivity index (χ0v) is 42.3. The number of aryl methyl sites for hydroxylation is 1. The average Bonchev–Trinajstić information content (AvgIpc) is 1.35. The van der Waals surface area contributed by atoms with Gasteiger partial charge >= 0.3 is 0 Å². The number of para-hydroxylation sites is 1. The second-order valence-electron chi connectivity index (χ2n) is 20.8. The van der Waals surface area contributed by atoms with E-state index in [0.717, 1.165) is 61.2 Å². The van der Waals surface area contributed by atoms with Crippen molar-refractivity contribution in [2.75, 3.05) is 0 Å². The van der Waals surface area contributed by atoms with Crippen LogP contribution in [0.15, 0.2) is 188 Å². The van der Waals surface area contributed by atoms with Crippen LogP contribution < -0.4 is 0 Å². The number of imidazole rings is 1.